The highest BCUT2D eigenvalue weighted by molar-refractivity contribution is 5.58. The Labute approximate surface area is 108 Å². The first-order chi connectivity index (χ1) is 8.92. The minimum atomic E-state index is -4.39. The van der Waals surface area contributed by atoms with Gasteiger partial charge in [0.25, 0.3) is 0 Å². The third-order valence-electron chi connectivity index (χ3n) is 2.45. The first-order valence-electron chi connectivity index (χ1n) is 5.66. The highest BCUT2D eigenvalue weighted by Gasteiger charge is 2.32. The van der Waals surface area contributed by atoms with E-state index in [2.05, 4.69) is 15.4 Å². The largest absolute Gasteiger partial charge is 0.405 e. The van der Waals surface area contributed by atoms with Crippen LogP contribution < -0.4 is 16.2 Å². The molecule has 6 nitrogen and oxygen atoms in total. The Bertz CT molecular complexity index is 413. The minimum absolute atomic E-state index is 0.122. The van der Waals surface area contributed by atoms with E-state index in [9.17, 15) is 13.2 Å². The van der Waals surface area contributed by atoms with Crippen molar-refractivity contribution in [2.24, 2.45) is 5.84 Å². The predicted molar refractivity (Wildman–Crippen MR) is 64.6 cm³/mol. The zero-order chi connectivity index (χ0) is 14.5. The van der Waals surface area contributed by atoms with Gasteiger partial charge in [0.2, 0.25) is 0 Å². The molecule has 0 bridgehead atoms. The van der Waals surface area contributed by atoms with E-state index in [1.807, 2.05) is 0 Å². The van der Waals surface area contributed by atoms with Crippen molar-refractivity contribution in [2.75, 3.05) is 30.0 Å². The lowest BCUT2D eigenvalue weighted by molar-refractivity contribution is -0.120. The second kappa shape index (κ2) is 6.53. The molecule has 1 aromatic rings. The van der Waals surface area contributed by atoms with Gasteiger partial charge in [-0.15, -0.1) is 0 Å². The number of rotatable bonds is 6. The number of halogens is 3. The topological polar surface area (TPSA) is 87.3 Å². The first-order valence-corrected chi connectivity index (χ1v) is 5.66. The maximum atomic E-state index is 12.5. The van der Waals surface area contributed by atoms with Crippen LogP contribution in [-0.4, -0.2) is 40.9 Å². The van der Waals surface area contributed by atoms with Crippen molar-refractivity contribution in [3.05, 3.63) is 11.9 Å². The van der Waals surface area contributed by atoms with E-state index in [-0.39, 0.29) is 18.2 Å². The predicted octanol–water partition coefficient (Wildman–Crippen LogP) is 0.686. The Balaban J connectivity index is 3.14. The lowest BCUT2D eigenvalue weighted by atomic mass is 10.2. The standard InChI is InChI=1S/C10H16F3N5O/c1-2-7-8(17-14)15-6-16-9(7)18(3-4-19)5-10(11,12)13/h6,19H,2-5,14H2,1H3,(H,15,16,17). The fourth-order valence-electron chi connectivity index (χ4n) is 1.72. The molecule has 108 valence electrons. The lowest BCUT2D eigenvalue weighted by Gasteiger charge is -2.26. The number of anilines is 2. The van der Waals surface area contributed by atoms with Crippen LogP contribution in [0.25, 0.3) is 0 Å². The van der Waals surface area contributed by atoms with Gasteiger partial charge >= 0.3 is 6.18 Å². The van der Waals surface area contributed by atoms with Gasteiger partial charge in [-0.2, -0.15) is 13.2 Å². The molecule has 0 saturated carbocycles. The number of hydrogen-bond donors (Lipinski definition) is 3. The van der Waals surface area contributed by atoms with E-state index in [0.717, 1.165) is 11.2 Å². The molecule has 0 aliphatic heterocycles. The molecule has 1 rings (SSSR count). The number of alkyl halides is 3. The molecule has 0 spiro atoms. The van der Waals surface area contributed by atoms with Crippen molar-refractivity contribution in [2.45, 2.75) is 19.5 Å². The number of hydrazine groups is 1. The molecule has 0 aliphatic rings. The van der Waals surface area contributed by atoms with Gasteiger partial charge < -0.3 is 15.4 Å². The zero-order valence-corrected chi connectivity index (χ0v) is 10.4. The molecule has 9 heteroatoms. The van der Waals surface area contributed by atoms with Gasteiger partial charge in [0, 0.05) is 12.1 Å². The van der Waals surface area contributed by atoms with Gasteiger partial charge in [-0.05, 0) is 6.42 Å². The minimum Gasteiger partial charge on any atom is -0.395 e. The summed E-state index contributed by atoms with van der Waals surface area (Å²) in [5.41, 5.74) is 2.80. The summed E-state index contributed by atoms with van der Waals surface area (Å²) >= 11 is 0. The highest BCUT2D eigenvalue weighted by atomic mass is 19.4. The summed E-state index contributed by atoms with van der Waals surface area (Å²) in [4.78, 5) is 8.68. The van der Waals surface area contributed by atoms with E-state index in [4.69, 9.17) is 10.9 Å². The molecule has 0 aromatic carbocycles. The Morgan fingerprint density at radius 1 is 1.42 bits per heavy atom. The van der Waals surface area contributed by atoms with Crippen molar-refractivity contribution in [3.8, 4) is 0 Å². The van der Waals surface area contributed by atoms with Crippen LogP contribution in [0, 0.1) is 0 Å². The molecule has 0 atom stereocenters. The molecule has 0 unspecified atom stereocenters. The van der Waals surface area contributed by atoms with Crippen LogP contribution >= 0.6 is 0 Å². The van der Waals surface area contributed by atoms with Gasteiger partial charge in [0.15, 0.2) is 0 Å². The summed E-state index contributed by atoms with van der Waals surface area (Å²) in [5, 5.41) is 8.89. The molecular formula is C10H16F3N5O. The maximum Gasteiger partial charge on any atom is 0.405 e. The van der Waals surface area contributed by atoms with Gasteiger partial charge in [0.1, 0.15) is 24.5 Å². The number of hydrogen-bond acceptors (Lipinski definition) is 6. The van der Waals surface area contributed by atoms with E-state index in [1.165, 1.54) is 0 Å². The Morgan fingerprint density at radius 3 is 2.58 bits per heavy atom. The molecule has 0 aliphatic carbocycles. The molecule has 0 saturated heterocycles. The smallest absolute Gasteiger partial charge is 0.395 e. The maximum absolute atomic E-state index is 12.5. The fraction of sp³-hybridized carbons (Fsp3) is 0.600. The van der Waals surface area contributed by atoms with Crippen LogP contribution in [0.15, 0.2) is 6.33 Å². The van der Waals surface area contributed by atoms with Crippen molar-refractivity contribution in [1.29, 1.82) is 0 Å². The number of nitrogens with zero attached hydrogens (tertiary/aromatic N) is 3. The second-order valence-corrected chi connectivity index (χ2v) is 3.78. The monoisotopic (exact) mass is 279 g/mol. The van der Waals surface area contributed by atoms with Crippen LogP contribution in [-0.2, 0) is 6.42 Å². The summed E-state index contributed by atoms with van der Waals surface area (Å²) in [6, 6.07) is 0. The summed E-state index contributed by atoms with van der Waals surface area (Å²) < 4.78 is 37.6. The Hall–Kier alpha value is -1.61. The van der Waals surface area contributed by atoms with E-state index in [1.54, 1.807) is 6.92 Å². The number of aromatic nitrogens is 2. The van der Waals surface area contributed by atoms with Crippen molar-refractivity contribution < 1.29 is 18.3 Å². The third-order valence-corrected chi connectivity index (χ3v) is 2.45. The molecule has 1 aromatic heterocycles. The van der Waals surface area contributed by atoms with Gasteiger partial charge in [-0.1, -0.05) is 6.92 Å². The molecule has 4 N–H and O–H groups in total. The van der Waals surface area contributed by atoms with Crippen LogP contribution in [0.5, 0.6) is 0 Å². The van der Waals surface area contributed by atoms with Crippen LogP contribution in [0.3, 0.4) is 0 Å². The molecule has 0 fully saturated rings. The number of aliphatic hydroxyl groups is 1. The third kappa shape index (κ3) is 4.21. The number of nitrogen functional groups attached to an aromatic ring is 1. The van der Waals surface area contributed by atoms with Crippen molar-refractivity contribution >= 4 is 11.6 Å². The fourth-order valence-corrected chi connectivity index (χ4v) is 1.72. The summed E-state index contributed by atoms with van der Waals surface area (Å²) in [6.45, 7) is -0.0164. The van der Waals surface area contributed by atoms with Crippen LogP contribution in [0.2, 0.25) is 0 Å². The second-order valence-electron chi connectivity index (χ2n) is 3.78. The van der Waals surface area contributed by atoms with Crippen LogP contribution in [0.4, 0.5) is 24.8 Å². The Kier molecular flexibility index (Phi) is 5.31. The van der Waals surface area contributed by atoms with Crippen molar-refractivity contribution in [3.63, 3.8) is 0 Å². The van der Waals surface area contributed by atoms with Gasteiger partial charge in [0.05, 0.1) is 6.61 Å². The highest BCUT2D eigenvalue weighted by Crippen LogP contribution is 2.26. The average Bonchev–Trinajstić information content (AvgIpc) is 2.35. The van der Waals surface area contributed by atoms with E-state index in [0.29, 0.717) is 12.0 Å². The van der Waals surface area contributed by atoms with Crippen molar-refractivity contribution in [1.82, 2.24) is 9.97 Å². The van der Waals surface area contributed by atoms with E-state index >= 15 is 0 Å². The van der Waals surface area contributed by atoms with Gasteiger partial charge in [-0.3, -0.25) is 0 Å². The number of nitrogens with two attached hydrogens (primary N) is 1. The number of aliphatic hydroxyl groups excluding tert-OH is 1. The molecule has 0 radical (unpaired) electrons. The summed E-state index contributed by atoms with van der Waals surface area (Å²) in [6.07, 6.45) is -2.85. The molecule has 19 heavy (non-hydrogen) atoms. The van der Waals surface area contributed by atoms with Crippen LogP contribution in [0.1, 0.15) is 12.5 Å². The SMILES string of the molecule is CCc1c(NN)ncnc1N(CCO)CC(F)(F)F. The van der Waals surface area contributed by atoms with E-state index < -0.39 is 19.3 Å². The number of nitrogens with one attached hydrogen (secondary N) is 1. The van der Waals surface area contributed by atoms with Gasteiger partial charge in [-0.25, -0.2) is 15.8 Å². The normalized spacial score (nSPS) is 11.5. The molecule has 1 heterocycles. The Morgan fingerprint density at radius 2 is 2.11 bits per heavy atom. The molecular weight excluding hydrogens is 263 g/mol. The summed E-state index contributed by atoms with van der Waals surface area (Å²) in [7, 11) is 0. The average molecular weight is 279 g/mol. The molecule has 0 amide bonds. The summed E-state index contributed by atoms with van der Waals surface area (Å²) in [5.74, 6) is 5.66. The zero-order valence-electron chi connectivity index (χ0n) is 10.4. The lowest BCUT2D eigenvalue weighted by Crippen LogP contribution is -2.37. The first kappa shape index (κ1) is 15.4. The quantitative estimate of drug-likeness (QED) is 0.524.